The first-order valence-electron chi connectivity index (χ1n) is 6.99. The molecule has 0 spiro atoms. The summed E-state index contributed by atoms with van der Waals surface area (Å²) in [7, 11) is 0. The van der Waals surface area contributed by atoms with Crippen LogP contribution in [0.5, 0.6) is 0 Å². The molecule has 3 rings (SSSR count). The standard InChI is InChI=1S/C14H16N4O4/c19-13(18-4-6-20-7-5-18)10-21-9-12-16-14(17-22-12)11-2-1-3-15-8-11/h1-3,8H,4-7,9-10H2. The summed E-state index contributed by atoms with van der Waals surface area (Å²) < 4.78 is 15.6. The molecule has 22 heavy (non-hydrogen) atoms. The predicted octanol–water partition coefficient (Wildman–Crippen LogP) is 0.507. The monoisotopic (exact) mass is 304 g/mol. The molecule has 1 saturated heterocycles. The zero-order valence-corrected chi connectivity index (χ0v) is 12.0. The van der Waals surface area contributed by atoms with Crippen molar-refractivity contribution in [2.45, 2.75) is 6.61 Å². The van der Waals surface area contributed by atoms with Crippen LogP contribution in [0.4, 0.5) is 0 Å². The summed E-state index contributed by atoms with van der Waals surface area (Å²) in [5, 5.41) is 3.86. The molecule has 0 N–H and O–H groups in total. The van der Waals surface area contributed by atoms with Gasteiger partial charge in [-0.2, -0.15) is 4.98 Å². The highest BCUT2D eigenvalue weighted by atomic mass is 16.5. The van der Waals surface area contributed by atoms with E-state index in [4.69, 9.17) is 14.0 Å². The molecule has 1 aliphatic heterocycles. The molecule has 1 amide bonds. The molecule has 0 bridgehead atoms. The fourth-order valence-electron chi connectivity index (χ4n) is 2.06. The Kier molecular flexibility index (Phi) is 4.71. The Morgan fingerprint density at radius 2 is 2.23 bits per heavy atom. The van der Waals surface area contributed by atoms with Crippen molar-refractivity contribution in [1.29, 1.82) is 0 Å². The van der Waals surface area contributed by atoms with E-state index in [9.17, 15) is 4.79 Å². The van der Waals surface area contributed by atoms with Crippen molar-refractivity contribution < 1.29 is 18.8 Å². The normalized spacial score (nSPS) is 15.0. The smallest absolute Gasteiger partial charge is 0.252 e. The third-order valence-corrected chi connectivity index (χ3v) is 3.20. The summed E-state index contributed by atoms with van der Waals surface area (Å²) in [4.78, 5) is 21.8. The molecule has 0 radical (unpaired) electrons. The van der Waals surface area contributed by atoms with Crippen LogP contribution in [0.2, 0.25) is 0 Å². The lowest BCUT2D eigenvalue weighted by Crippen LogP contribution is -2.42. The quantitative estimate of drug-likeness (QED) is 0.794. The average molecular weight is 304 g/mol. The molecule has 116 valence electrons. The Hall–Kier alpha value is -2.32. The van der Waals surface area contributed by atoms with E-state index in [2.05, 4.69) is 15.1 Å². The maximum atomic E-state index is 11.9. The molecule has 0 aliphatic carbocycles. The number of hydrogen-bond acceptors (Lipinski definition) is 7. The van der Waals surface area contributed by atoms with E-state index < -0.39 is 0 Å². The molecule has 3 heterocycles. The van der Waals surface area contributed by atoms with E-state index in [1.54, 1.807) is 23.4 Å². The maximum Gasteiger partial charge on any atom is 0.252 e. The van der Waals surface area contributed by atoms with E-state index in [1.165, 1.54) is 0 Å². The molecule has 2 aromatic heterocycles. The molecule has 8 nitrogen and oxygen atoms in total. The predicted molar refractivity (Wildman–Crippen MR) is 74.6 cm³/mol. The second-order valence-corrected chi connectivity index (χ2v) is 4.74. The molecule has 0 saturated carbocycles. The molecule has 0 atom stereocenters. The summed E-state index contributed by atoms with van der Waals surface area (Å²) in [6, 6.07) is 3.63. The maximum absolute atomic E-state index is 11.9. The molecular weight excluding hydrogens is 288 g/mol. The van der Waals surface area contributed by atoms with Crippen LogP contribution in [0.1, 0.15) is 5.89 Å². The first-order chi connectivity index (χ1) is 10.8. The zero-order valence-electron chi connectivity index (χ0n) is 12.0. The SMILES string of the molecule is O=C(COCc1nc(-c2cccnc2)no1)N1CCOCC1. The van der Waals surface area contributed by atoms with Crippen molar-refractivity contribution in [3.05, 3.63) is 30.4 Å². The summed E-state index contributed by atoms with van der Waals surface area (Å²) in [6.07, 6.45) is 3.32. The number of aromatic nitrogens is 3. The fourth-order valence-corrected chi connectivity index (χ4v) is 2.06. The number of hydrogen-bond donors (Lipinski definition) is 0. The third-order valence-electron chi connectivity index (χ3n) is 3.20. The van der Waals surface area contributed by atoms with Gasteiger partial charge in [-0.05, 0) is 12.1 Å². The van der Waals surface area contributed by atoms with Gasteiger partial charge in [0.05, 0.1) is 13.2 Å². The molecule has 8 heteroatoms. The van der Waals surface area contributed by atoms with Crippen molar-refractivity contribution in [2.75, 3.05) is 32.9 Å². The highest BCUT2D eigenvalue weighted by molar-refractivity contribution is 5.77. The fraction of sp³-hybridized carbons (Fsp3) is 0.429. The van der Waals surface area contributed by atoms with Crippen molar-refractivity contribution >= 4 is 5.91 Å². The number of nitrogens with zero attached hydrogens (tertiary/aromatic N) is 4. The zero-order chi connectivity index (χ0) is 15.2. The summed E-state index contributed by atoms with van der Waals surface area (Å²) in [5.41, 5.74) is 0.766. The first kappa shape index (κ1) is 14.6. The van der Waals surface area contributed by atoms with Crippen molar-refractivity contribution in [1.82, 2.24) is 20.0 Å². The van der Waals surface area contributed by atoms with Crippen LogP contribution in [0.25, 0.3) is 11.4 Å². The molecule has 1 aliphatic rings. The van der Waals surface area contributed by atoms with Gasteiger partial charge in [0.25, 0.3) is 5.89 Å². The largest absolute Gasteiger partial charge is 0.378 e. The lowest BCUT2D eigenvalue weighted by molar-refractivity contribution is -0.140. The van der Waals surface area contributed by atoms with Gasteiger partial charge < -0.3 is 18.9 Å². The van der Waals surface area contributed by atoms with Crippen LogP contribution in [-0.4, -0.2) is 58.8 Å². The van der Waals surface area contributed by atoms with Crippen LogP contribution in [0.15, 0.2) is 29.0 Å². The summed E-state index contributed by atoms with van der Waals surface area (Å²) in [6.45, 7) is 2.45. The van der Waals surface area contributed by atoms with Gasteiger partial charge in [-0.1, -0.05) is 5.16 Å². The Balaban J connectivity index is 1.48. The van der Waals surface area contributed by atoms with E-state index in [0.29, 0.717) is 38.0 Å². The number of amides is 1. The van der Waals surface area contributed by atoms with Gasteiger partial charge in [-0.3, -0.25) is 9.78 Å². The van der Waals surface area contributed by atoms with Gasteiger partial charge in [0.2, 0.25) is 11.7 Å². The number of pyridine rings is 1. The highest BCUT2D eigenvalue weighted by Gasteiger charge is 2.17. The minimum atomic E-state index is -0.0599. The van der Waals surface area contributed by atoms with Gasteiger partial charge in [-0.15, -0.1) is 0 Å². The average Bonchev–Trinajstić information content (AvgIpc) is 3.05. The van der Waals surface area contributed by atoms with Crippen molar-refractivity contribution in [2.24, 2.45) is 0 Å². The number of carbonyl (C=O) groups excluding carboxylic acids is 1. The highest BCUT2D eigenvalue weighted by Crippen LogP contribution is 2.13. The molecular formula is C14H16N4O4. The first-order valence-corrected chi connectivity index (χ1v) is 6.99. The lowest BCUT2D eigenvalue weighted by Gasteiger charge is -2.26. The number of ether oxygens (including phenoxy) is 2. The second kappa shape index (κ2) is 7.10. The summed E-state index contributed by atoms with van der Waals surface area (Å²) in [5.74, 6) is 0.718. The van der Waals surface area contributed by atoms with Crippen LogP contribution in [0.3, 0.4) is 0 Å². The van der Waals surface area contributed by atoms with E-state index >= 15 is 0 Å². The lowest BCUT2D eigenvalue weighted by atomic mass is 10.3. The van der Waals surface area contributed by atoms with Crippen LogP contribution < -0.4 is 0 Å². The molecule has 2 aromatic rings. The van der Waals surface area contributed by atoms with Gasteiger partial charge in [0.15, 0.2) is 0 Å². The Morgan fingerprint density at radius 3 is 3.00 bits per heavy atom. The molecule has 0 aromatic carbocycles. The number of rotatable bonds is 5. The van der Waals surface area contributed by atoms with Crippen molar-refractivity contribution in [3.8, 4) is 11.4 Å². The van der Waals surface area contributed by atoms with Crippen LogP contribution >= 0.6 is 0 Å². The minimum absolute atomic E-state index is 0.00932. The summed E-state index contributed by atoms with van der Waals surface area (Å²) >= 11 is 0. The van der Waals surface area contributed by atoms with Gasteiger partial charge in [-0.25, -0.2) is 0 Å². The van der Waals surface area contributed by atoms with Crippen LogP contribution in [0, 0.1) is 0 Å². The second-order valence-electron chi connectivity index (χ2n) is 4.74. The topological polar surface area (TPSA) is 90.6 Å². The number of morpholine rings is 1. The number of carbonyl (C=O) groups is 1. The van der Waals surface area contributed by atoms with Gasteiger partial charge in [0, 0.05) is 31.0 Å². The van der Waals surface area contributed by atoms with Crippen LogP contribution in [-0.2, 0) is 20.9 Å². The third kappa shape index (κ3) is 3.66. The van der Waals surface area contributed by atoms with E-state index in [-0.39, 0.29) is 19.1 Å². The van der Waals surface area contributed by atoms with Crippen molar-refractivity contribution in [3.63, 3.8) is 0 Å². The van der Waals surface area contributed by atoms with E-state index in [0.717, 1.165) is 5.56 Å². The molecule has 1 fully saturated rings. The minimum Gasteiger partial charge on any atom is -0.378 e. The van der Waals surface area contributed by atoms with E-state index in [1.807, 2.05) is 6.07 Å². The Bertz CT molecular complexity index is 610. The Morgan fingerprint density at radius 1 is 1.36 bits per heavy atom. The Labute approximate surface area is 127 Å². The molecule has 0 unspecified atom stereocenters. The van der Waals surface area contributed by atoms with Gasteiger partial charge >= 0.3 is 0 Å². The van der Waals surface area contributed by atoms with Gasteiger partial charge in [0.1, 0.15) is 13.2 Å².